The van der Waals surface area contributed by atoms with Gasteiger partial charge in [-0.05, 0) is 36.6 Å². The molecular formula is C19H22N2OS. The normalized spacial score (nSPS) is 18.3. The van der Waals surface area contributed by atoms with Crippen molar-refractivity contribution in [2.45, 2.75) is 18.6 Å². The molecule has 0 radical (unpaired) electrons. The Balaban J connectivity index is 1.62. The van der Waals surface area contributed by atoms with Gasteiger partial charge in [0.15, 0.2) is 0 Å². The van der Waals surface area contributed by atoms with Gasteiger partial charge in [-0.2, -0.15) is 11.8 Å². The fourth-order valence-electron chi connectivity index (χ4n) is 2.89. The highest BCUT2D eigenvalue weighted by Crippen LogP contribution is 2.35. The molecule has 0 aliphatic carbocycles. The highest BCUT2D eigenvalue weighted by Gasteiger charge is 2.22. The monoisotopic (exact) mass is 326 g/mol. The summed E-state index contributed by atoms with van der Waals surface area (Å²) in [5.41, 5.74) is 3.60. The Morgan fingerprint density at radius 3 is 2.61 bits per heavy atom. The number of thioether (sulfide) groups is 1. The molecule has 2 amide bonds. The second-order valence-corrected chi connectivity index (χ2v) is 7.10. The van der Waals surface area contributed by atoms with E-state index in [1.165, 1.54) is 11.1 Å². The number of carbonyl (C=O) groups is 1. The van der Waals surface area contributed by atoms with Crippen LogP contribution in [0, 0.1) is 6.92 Å². The van der Waals surface area contributed by atoms with Gasteiger partial charge in [0.25, 0.3) is 0 Å². The topological polar surface area (TPSA) is 32.3 Å². The van der Waals surface area contributed by atoms with Crippen molar-refractivity contribution in [3.8, 4) is 0 Å². The molecular weight excluding hydrogens is 304 g/mol. The van der Waals surface area contributed by atoms with Crippen LogP contribution in [0.5, 0.6) is 0 Å². The zero-order chi connectivity index (χ0) is 16.1. The maximum absolute atomic E-state index is 12.4. The number of urea groups is 1. The minimum Gasteiger partial charge on any atom is -0.324 e. The van der Waals surface area contributed by atoms with Crippen LogP contribution in [0.25, 0.3) is 0 Å². The van der Waals surface area contributed by atoms with Crippen LogP contribution in [0.1, 0.15) is 22.8 Å². The van der Waals surface area contributed by atoms with Gasteiger partial charge in [-0.1, -0.05) is 42.5 Å². The number of hydrogen-bond donors (Lipinski definition) is 1. The highest BCUT2D eigenvalue weighted by atomic mass is 32.2. The van der Waals surface area contributed by atoms with Crippen LogP contribution in [0.4, 0.5) is 10.5 Å². The van der Waals surface area contributed by atoms with Crippen molar-refractivity contribution in [3.63, 3.8) is 0 Å². The molecule has 0 unspecified atom stereocenters. The number of rotatable bonds is 2. The van der Waals surface area contributed by atoms with Crippen molar-refractivity contribution in [1.29, 1.82) is 0 Å². The van der Waals surface area contributed by atoms with Gasteiger partial charge in [0, 0.05) is 29.8 Å². The van der Waals surface area contributed by atoms with Gasteiger partial charge in [-0.25, -0.2) is 4.79 Å². The van der Waals surface area contributed by atoms with Crippen LogP contribution in [-0.2, 0) is 0 Å². The van der Waals surface area contributed by atoms with Crippen molar-refractivity contribution >= 4 is 23.5 Å². The number of para-hydroxylation sites is 1. The molecule has 1 saturated heterocycles. The molecule has 1 aliphatic heterocycles. The minimum atomic E-state index is 0.00207. The van der Waals surface area contributed by atoms with E-state index in [0.717, 1.165) is 31.0 Å². The van der Waals surface area contributed by atoms with E-state index in [-0.39, 0.29) is 6.03 Å². The van der Waals surface area contributed by atoms with Crippen LogP contribution in [-0.4, -0.2) is 29.8 Å². The lowest BCUT2D eigenvalue weighted by atomic mass is 10.0. The zero-order valence-corrected chi connectivity index (χ0v) is 14.2. The van der Waals surface area contributed by atoms with E-state index in [0.29, 0.717) is 5.25 Å². The highest BCUT2D eigenvalue weighted by molar-refractivity contribution is 7.99. The summed E-state index contributed by atoms with van der Waals surface area (Å²) in [4.78, 5) is 14.4. The fraction of sp³-hybridized carbons (Fsp3) is 0.316. The summed E-state index contributed by atoms with van der Waals surface area (Å²) in [6.45, 7) is 3.76. The number of nitrogens with one attached hydrogen (secondary N) is 1. The maximum atomic E-state index is 12.4. The summed E-state index contributed by atoms with van der Waals surface area (Å²) in [7, 11) is 0. The molecule has 1 N–H and O–H groups in total. The molecule has 1 heterocycles. The predicted molar refractivity (Wildman–Crippen MR) is 98.0 cm³/mol. The molecule has 23 heavy (non-hydrogen) atoms. The maximum Gasteiger partial charge on any atom is 0.321 e. The Morgan fingerprint density at radius 2 is 1.83 bits per heavy atom. The molecule has 1 fully saturated rings. The number of carbonyl (C=O) groups excluding carboxylic acids is 1. The predicted octanol–water partition coefficient (Wildman–Crippen LogP) is 4.71. The third-order valence-electron chi connectivity index (χ3n) is 4.19. The number of benzene rings is 2. The molecule has 2 aromatic rings. The number of nitrogens with zero attached hydrogens (tertiary/aromatic N) is 1. The Kier molecular flexibility index (Phi) is 5.23. The number of amides is 2. The van der Waals surface area contributed by atoms with Gasteiger partial charge in [0.05, 0.1) is 0 Å². The summed E-state index contributed by atoms with van der Waals surface area (Å²) in [6, 6.07) is 18.2. The summed E-state index contributed by atoms with van der Waals surface area (Å²) in [6.07, 6.45) is 0.998. The van der Waals surface area contributed by atoms with Crippen LogP contribution < -0.4 is 5.32 Å². The van der Waals surface area contributed by atoms with Crippen molar-refractivity contribution in [3.05, 3.63) is 65.7 Å². The first-order chi connectivity index (χ1) is 11.2. The molecule has 1 atom stereocenters. The number of anilines is 1. The van der Waals surface area contributed by atoms with Crippen LogP contribution in [0.15, 0.2) is 54.6 Å². The molecule has 4 heteroatoms. The van der Waals surface area contributed by atoms with Crippen LogP contribution >= 0.6 is 11.8 Å². The zero-order valence-electron chi connectivity index (χ0n) is 13.4. The Hall–Kier alpha value is -1.94. The Bertz CT molecular complexity index is 659. The SMILES string of the molecule is Cc1ccccc1[C@@H]1CCN(C(=O)Nc2ccccc2)CCS1. The fourth-order valence-corrected chi connectivity index (χ4v) is 4.22. The third kappa shape index (κ3) is 4.08. The summed E-state index contributed by atoms with van der Waals surface area (Å²) >= 11 is 1.96. The number of hydrogen-bond acceptors (Lipinski definition) is 2. The summed E-state index contributed by atoms with van der Waals surface area (Å²) in [5.74, 6) is 0.973. The van der Waals surface area contributed by atoms with E-state index in [9.17, 15) is 4.79 Å². The lowest BCUT2D eigenvalue weighted by Gasteiger charge is -2.21. The molecule has 2 aromatic carbocycles. The van der Waals surface area contributed by atoms with Gasteiger partial charge >= 0.3 is 6.03 Å². The molecule has 3 nitrogen and oxygen atoms in total. The third-order valence-corrected chi connectivity index (χ3v) is 5.50. The van der Waals surface area contributed by atoms with E-state index < -0.39 is 0 Å². The van der Waals surface area contributed by atoms with E-state index in [4.69, 9.17) is 0 Å². The Labute approximate surface area is 142 Å². The molecule has 1 aliphatic rings. The summed E-state index contributed by atoms with van der Waals surface area (Å²) < 4.78 is 0. The largest absolute Gasteiger partial charge is 0.324 e. The van der Waals surface area contributed by atoms with E-state index in [1.807, 2.05) is 47.0 Å². The Morgan fingerprint density at radius 1 is 1.09 bits per heavy atom. The molecule has 0 aromatic heterocycles. The van der Waals surface area contributed by atoms with Crippen molar-refractivity contribution in [2.75, 3.05) is 24.2 Å². The first kappa shape index (κ1) is 15.9. The first-order valence-electron chi connectivity index (χ1n) is 8.02. The second kappa shape index (κ2) is 7.55. The molecule has 0 spiro atoms. The van der Waals surface area contributed by atoms with E-state index in [1.54, 1.807) is 0 Å². The van der Waals surface area contributed by atoms with Gasteiger partial charge in [0.2, 0.25) is 0 Å². The summed E-state index contributed by atoms with van der Waals surface area (Å²) in [5, 5.41) is 3.46. The standard InChI is InChI=1S/C19H22N2OS/c1-15-7-5-6-10-17(15)18-11-12-21(13-14-23-18)19(22)20-16-8-3-2-4-9-16/h2-10,18H,11-14H2,1H3,(H,20,22)/t18-/m0/s1. The average molecular weight is 326 g/mol. The van der Waals surface area contributed by atoms with Crippen molar-refractivity contribution in [2.24, 2.45) is 0 Å². The molecule has 3 rings (SSSR count). The lowest BCUT2D eigenvalue weighted by molar-refractivity contribution is 0.215. The van der Waals surface area contributed by atoms with Crippen LogP contribution in [0.3, 0.4) is 0 Å². The molecule has 120 valence electrons. The quantitative estimate of drug-likeness (QED) is 0.867. The minimum absolute atomic E-state index is 0.00207. The van der Waals surface area contributed by atoms with E-state index in [2.05, 4.69) is 36.5 Å². The van der Waals surface area contributed by atoms with Crippen LogP contribution in [0.2, 0.25) is 0 Å². The number of aryl methyl sites for hydroxylation is 1. The first-order valence-corrected chi connectivity index (χ1v) is 9.07. The average Bonchev–Trinajstić information content (AvgIpc) is 2.82. The lowest BCUT2D eigenvalue weighted by Crippen LogP contribution is -2.36. The van der Waals surface area contributed by atoms with Gasteiger partial charge in [0.1, 0.15) is 0 Å². The second-order valence-electron chi connectivity index (χ2n) is 5.79. The van der Waals surface area contributed by atoms with Gasteiger partial charge in [-0.3, -0.25) is 0 Å². The van der Waals surface area contributed by atoms with Crippen molar-refractivity contribution in [1.82, 2.24) is 4.90 Å². The van der Waals surface area contributed by atoms with E-state index >= 15 is 0 Å². The molecule has 0 saturated carbocycles. The molecule has 0 bridgehead atoms. The van der Waals surface area contributed by atoms with Crippen molar-refractivity contribution < 1.29 is 4.79 Å². The van der Waals surface area contributed by atoms with Gasteiger partial charge < -0.3 is 10.2 Å². The van der Waals surface area contributed by atoms with Gasteiger partial charge in [-0.15, -0.1) is 0 Å². The smallest absolute Gasteiger partial charge is 0.321 e.